The molecule has 1 nitrogen and oxygen atoms in total. The van der Waals surface area contributed by atoms with Gasteiger partial charge in [-0.2, -0.15) is 0 Å². The van der Waals surface area contributed by atoms with E-state index in [1.807, 2.05) is 6.20 Å². The fraction of sp³-hybridized carbons (Fsp3) is 0.250. The number of aromatic nitrogens is 1. The average Bonchev–Trinajstić information content (AvgIpc) is 2.77. The zero-order chi connectivity index (χ0) is 20.1. The molecular weight excluding hydrogens is 350 g/mol. The van der Waals surface area contributed by atoms with Gasteiger partial charge in [-0.05, 0) is 60.0 Å². The van der Waals surface area contributed by atoms with Gasteiger partial charge in [0.15, 0.2) is 0 Å². The Balaban J connectivity index is 1.61. The Morgan fingerprint density at radius 2 is 1.55 bits per heavy atom. The first kappa shape index (κ1) is 19.4. The van der Waals surface area contributed by atoms with Crippen LogP contribution in [0, 0.1) is 6.92 Å². The SMILES string of the molecule is CCCCCCc1ccc(-c2cccc(-c3nccc4ccc(C)cc34)c2)cc1. The first-order chi connectivity index (χ1) is 14.2. The van der Waals surface area contributed by atoms with Crippen LogP contribution in [0.3, 0.4) is 0 Å². The number of nitrogens with zero attached hydrogens (tertiary/aromatic N) is 1. The fourth-order valence-corrected chi connectivity index (χ4v) is 3.98. The summed E-state index contributed by atoms with van der Waals surface area (Å²) in [6.07, 6.45) is 8.34. The maximum Gasteiger partial charge on any atom is 0.0780 e. The summed E-state index contributed by atoms with van der Waals surface area (Å²) in [4.78, 5) is 4.72. The van der Waals surface area contributed by atoms with Crippen LogP contribution in [-0.4, -0.2) is 4.98 Å². The van der Waals surface area contributed by atoms with Crippen LogP contribution >= 0.6 is 0 Å². The minimum absolute atomic E-state index is 1.06. The molecule has 0 aliphatic heterocycles. The van der Waals surface area contributed by atoms with E-state index in [9.17, 15) is 0 Å². The van der Waals surface area contributed by atoms with Gasteiger partial charge in [-0.25, -0.2) is 0 Å². The highest BCUT2D eigenvalue weighted by molar-refractivity contribution is 5.95. The fourth-order valence-electron chi connectivity index (χ4n) is 3.98. The first-order valence-corrected chi connectivity index (χ1v) is 10.8. The highest BCUT2D eigenvalue weighted by atomic mass is 14.7. The molecule has 0 spiro atoms. The summed E-state index contributed by atoms with van der Waals surface area (Å²) in [7, 11) is 0. The van der Waals surface area contributed by atoms with Crippen LogP contribution in [0.4, 0.5) is 0 Å². The molecule has 4 aromatic rings. The lowest BCUT2D eigenvalue weighted by atomic mass is 9.97. The number of rotatable bonds is 7. The molecule has 0 radical (unpaired) electrons. The van der Waals surface area contributed by atoms with Crippen LogP contribution in [0.2, 0.25) is 0 Å². The number of hydrogen-bond acceptors (Lipinski definition) is 1. The molecule has 0 amide bonds. The second kappa shape index (κ2) is 9.05. The van der Waals surface area contributed by atoms with Crippen molar-refractivity contribution in [1.82, 2.24) is 4.98 Å². The molecule has 3 aromatic carbocycles. The zero-order valence-electron chi connectivity index (χ0n) is 17.5. The molecule has 0 aliphatic carbocycles. The highest BCUT2D eigenvalue weighted by Crippen LogP contribution is 2.30. The molecule has 1 heteroatoms. The van der Waals surface area contributed by atoms with E-state index in [-0.39, 0.29) is 0 Å². The van der Waals surface area contributed by atoms with Gasteiger partial charge >= 0.3 is 0 Å². The summed E-state index contributed by atoms with van der Waals surface area (Å²) < 4.78 is 0. The number of unbranched alkanes of at least 4 members (excludes halogenated alkanes) is 3. The van der Waals surface area contributed by atoms with Gasteiger partial charge in [-0.1, -0.05) is 86.3 Å². The summed E-state index contributed by atoms with van der Waals surface area (Å²) in [5, 5.41) is 2.45. The summed E-state index contributed by atoms with van der Waals surface area (Å²) in [6, 6.07) is 26.5. The minimum Gasteiger partial charge on any atom is -0.256 e. The molecule has 0 saturated carbocycles. The van der Waals surface area contributed by atoms with Crippen molar-refractivity contribution in [2.24, 2.45) is 0 Å². The van der Waals surface area contributed by atoms with Crippen LogP contribution in [0.25, 0.3) is 33.2 Å². The van der Waals surface area contributed by atoms with Gasteiger partial charge in [0.1, 0.15) is 0 Å². The first-order valence-electron chi connectivity index (χ1n) is 10.8. The monoisotopic (exact) mass is 379 g/mol. The number of benzene rings is 3. The highest BCUT2D eigenvalue weighted by Gasteiger charge is 2.07. The van der Waals surface area contributed by atoms with Gasteiger partial charge in [-0.15, -0.1) is 0 Å². The van der Waals surface area contributed by atoms with Crippen molar-refractivity contribution in [2.75, 3.05) is 0 Å². The molecule has 0 bridgehead atoms. The molecule has 0 atom stereocenters. The lowest BCUT2D eigenvalue weighted by molar-refractivity contribution is 0.667. The summed E-state index contributed by atoms with van der Waals surface area (Å²) in [5.41, 5.74) is 7.43. The molecule has 1 aromatic heterocycles. The second-order valence-corrected chi connectivity index (χ2v) is 7.97. The number of fused-ring (bicyclic) bond motifs is 1. The molecule has 146 valence electrons. The molecule has 0 N–H and O–H groups in total. The van der Waals surface area contributed by atoms with Crippen molar-refractivity contribution in [3.05, 3.63) is 90.1 Å². The normalized spacial score (nSPS) is 11.1. The van der Waals surface area contributed by atoms with E-state index < -0.39 is 0 Å². The van der Waals surface area contributed by atoms with Gasteiger partial charge in [0, 0.05) is 17.1 Å². The predicted octanol–water partition coefficient (Wildman–Crippen LogP) is 8.00. The lowest BCUT2D eigenvalue weighted by Crippen LogP contribution is -1.89. The maximum atomic E-state index is 4.72. The van der Waals surface area contributed by atoms with Gasteiger partial charge in [0.25, 0.3) is 0 Å². The van der Waals surface area contributed by atoms with Crippen molar-refractivity contribution < 1.29 is 0 Å². The van der Waals surface area contributed by atoms with Crippen LogP contribution in [-0.2, 0) is 6.42 Å². The predicted molar refractivity (Wildman–Crippen MR) is 125 cm³/mol. The quantitative estimate of drug-likeness (QED) is 0.296. The van der Waals surface area contributed by atoms with Crippen molar-refractivity contribution >= 4 is 10.8 Å². The Kier molecular flexibility index (Phi) is 6.05. The molecule has 4 rings (SSSR count). The average molecular weight is 380 g/mol. The summed E-state index contributed by atoms with van der Waals surface area (Å²) >= 11 is 0. The third-order valence-electron chi connectivity index (χ3n) is 5.66. The third kappa shape index (κ3) is 4.56. The Labute approximate surface area is 174 Å². The van der Waals surface area contributed by atoms with E-state index in [1.165, 1.54) is 70.7 Å². The lowest BCUT2D eigenvalue weighted by Gasteiger charge is -2.10. The Morgan fingerprint density at radius 1 is 0.724 bits per heavy atom. The van der Waals surface area contributed by atoms with Crippen molar-refractivity contribution in [2.45, 2.75) is 46.0 Å². The number of aryl methyl sites for hydroxylation is 2. The summed E-state index contributed by atoms with van der Waals surface area (Å²) in [6.45, 7) is 4.40. The van der Waals surface area contributed by atoms with E-state index in [2.05, 4.69) is 86.6 Å². The van der Waals surface area contributed by atoms with E-state index in [4.69, 9.17) is 4.98 Å². The van der Waals surface area contributed by atoms with Crippen molar-refractivity contribution in [3.63, 3.8) is 0 Å². The van der Waals surface area contributed by atoms with Gasteiger partial charge < -0.3 is 0 Å². The Hall–Kier alpha value is -2.93. The number of pyridine rings is 1. The van der Waals surface area contributed by atoms with E-state index >= 15 is 0 Å². The zero-order valence-corrected chi connectivity index (χ0v) is 17.5. The standard InChI is InChI=1S/C28H29N/c1-3-4-5-6-8-22-12-15-23(16-13-22)25-9-7-10-26(20-25)28-27-19-21(2)11-14-24(27)17-18-29-28/h7,9-20H,3-6,8H2,1-2H3. The van der Waals surface area contributed by atoms with Gasteiger partial charge in [0.05, 0.1) is 5.69 Å². The van der Waals surface area contributed by atoms with Crippen LogP contribution in [0.5, 0.6) is 0 Å². The molecular formula is C28H29N. The van der Waals surface area contributed by atoms with E-state index in [0.29, 0.717) is 0 Å². The van der Waals surface area contributed by atoms with Crippen LogP contribution < -0.4 is 0 Å². The Bertz CT molecular complexity index is 1090. The van der Waals surface area contributed by atoms with Crippen LogP contribution in [0.15, 0.2) is 79.0 Å². The van der Waals surface area contributed by atoms with Gasteiger partial charge in [0.2, 0.25) is 0 Å². The smallest absolute Gasteiger partial charge is 0.0780 e. The summed E-state index contributed by atoms with van der Waals surface area (Å²) in [5.74, 6) is 0. The van der Waals surface area contributed by atoms with E-state index in [0.717, 1.165) is 5.69 Å². The molecule has 29 heavy (non-hydrogen) atoms. The van der Waals surface area contributed by atoms with Crippen molar-refractivity contribution in [3.8, 4) is 22.4 Å². The number of hydrogen-bond donors (Lipinski definition) is 0. The maximum absolute atomic E-state index is 4.72. The van der Waals surface area contributed by atoms with Crippen molar-refractivity contribution in [1.29, 1.82) is 0 Å². The molecule has 0 unspecified atom stereocenters. The molecule has 1 heterocycles. The molecule has 0 aliphatic rings. The topological polar surface area (TPSA) is 12.9 Å². The minimum atomic E-state index is 1.06. The van der Waals surface area contributed by atoms with E-state index in [1.54, 1.807) is 0 Å². The Morgan fingerprint density at radius 3 is 2.38 bits per heavy atom. The molecule has 0 fully saturated rings. The molecule has 0 saturated heterocycles. The third-order valence-corrected chi connectivity index (χ3v) is 5.66. The van der Waals surface area contributed by atoms with Gasteiger partial charge in [-0.3, -0.25) is 4.98 Å². The second-order valence-electron chi connectivity index (χ2n) is 7.97. The van der Waals surface area contributed by atoms with Crippen LogP contribution in [0.1, 0.15) is 43.7 Å². The largest absolute Gasteiger partial charge is 0.256 e.